The smallest absolute Gasteiger partial charge is 0.285 e. The van der Waals surface area contributed by atoms with E-state index >= 15 is 0 Å². The van der Waals surface area contributed by atoms with E-state index in [1.54, 1.807) is 0 Å². The van der Waals surface area contributed by atoms with Crippen LogP contribution < -0.4 is 5.32 Å². The largest absolute Gasteiger partial charge is 0.386 e. The lowest BCUT2D eigenvalue weighted by Gasteiger charge is -2.16. The molecule has 20 heavy (non-hydrogen) atoms. The highest BCUT2D eigenvalue weighted by atomic mass is 19.1. The molecule has 106 valence electrons. The van der Waals surface area contributed by atoms with Crippen molar-refractivity contribution in [3.63, 3.8) is 0 Å². The van der Waals surface area contributed by atoms with Crippen LogP contribution in [0.2, 0.25) is 0 Å². The molecule has 1 N–H and O–H groups in total. The van der Waals surface area contributed by atoms with Gasteiger partial charge in [0.15, 0.2) is 5.82 Å². The van der Waals surface area contributed by atoms with E-state index < -0.39 is 22.3 Å². The molecule has 8 heteroatoms. The molecule has 0 bridgehead atoms. The average Bonchev–Trinajstić information content (AvgIpc) is 2.43. The van der Waals surface area contributed by atoms with E-state index in [4.69, 9.17) is 5.26 Å². The van der Waals surface area contributed by atoms with Gasteiger partial charge in [-0.15, -0.1) is 0 Å². The summed E-state index contributed by atoms with van der Waals surface area (Å²) in [7, 11) is 2.86. The second-order valence-corrected chi connectivity index (χ2v) is 3.99. The third-order valence-corrected chi connectivity index (χ3v) is 2.69. The number of nitrogens with zero attached hydrogens (tertiary/aromatic N) is 3. The quantitative estimate of drug-likeness (QED) is 0.654. The first-order chi connectivity index (χ1) is 9.42. The molecule has 0 saturated heterocycles. The predicted molar refractivity (Wildman–Crippen MR) is 69.8 cm³/mol. The summed E-state index contributed by atoms with van der Waals surface area (Å²) in [4.78, 5) is 23.4. The van der Waals surface area contributed by atoms with Gasteiger partial charge in [-0.1, -0.05) is 0 Å². The Hall–Kier alpha value is -2.69. The first kappa shape index (κ1) is 15.4. The zero-order valence-electron chi connectivity index (χ0n) is 11.0. The molecule has 1 amide bonds. The topological polar surface area (TPSA) is 99.3 Å². The molecule has 1 aromatic rings. The number of benzene rings is 1. The molecule has 0 radical (unpaired) electrons. The first-order valence-electron chi connectivity index (χ1n) is 5.70. The number of anilines is 1. The van der Waals surface area contributed by atoms with Gasteiger partial charge < -0.3 is 10.2 Å². The third kappa shape index (κ3) is 3.20. The van der Waals surface area contributed by atoms with Gasteiger partial charge in [0.1, 0.15) is 5.56 Å². The number of halogens is 1. The molecule has 0 heterocycles. The molecule has 1 rings (SSSR count). The Bertz CT molecular complexity index is 583. The lowest BCUT2D eigenvalue weighted by Crippen LogP contribution is -2.28. The third-order valence-electron chi connectivity index (χ3n) is 2.69. The maximum absolute atomic E-state index is 13.5. The van der Waals surface area contributed by atoms with Gasteiger partial charge in [-0.2, -0.15) is 5.26 Å². The van der Waals surface area contributed by atoms with Crippen molar-refractivity contribution in [2.45, 2.75) is 6.42 Å². The van der Waals surface area contributed by atoms with Crippen molar-refractivity contribution in [3.8, 4) is 6.07 Å². The van der Waals surface area contributed by atoms with Gasteiger partial charge in [0.25, 0.3) is 11.6 Å². The number of nitro groups is 1. The zero-order chi connectivity index (χ0) is 15.3. The van der Waals surface area contributed by atoms with Crippen LogP contribution in [0.25, 0.3) is 0 Å². The molecule has 0 unspecified atom stereocenters. The molecule has 0 aromatic heterocycles. The number of nitriles is 1. The Morgan fingerprint density at radius 1 is 1.60 bits per heavy atom. The highest BCUT2D eigenvalue weighted by molar-refractivity contribution is 5.99. The molecule has 0 saturated carbocycles. The normalized spacial score (nSPS) is 9.70. The predicted octanol–water partition coefficient (Wildman–Crippen LogP) is 1.76. The van der Waals surface area contributed by atoms with Crippen LogP contribution in [0.4, 0.5) is 15.8 Å². The Kier molecular flexibility index (Phi) is 4.97. The van der Waals surface area contributed by atoms with E-state index in [-0.39, 0.29) is 24.2 Å². The van der Waals surface area contributed by atoms with Crippen molar-refractivity contribution < 1.29 is 14.1 Å². The maximum Gasteiger partial charge on any atom is 0.285 e. The van der Waals surface area contributed by atoms with Crippen LogP contribution in [0, 0.1) is 27.3 Å². The molecule has 0 aliphatic heterocycles. The number of carbonyl (C=O) groups is 1. The van der Waals surface area contributed by atoms with Gasteiger partial charge in [0.05, 0.1) is 29.2 Å². The number of hydrogen-bond acceptors (Lipinski definition) is 5. The average molecular weight is 280 g/mol. The van der Waals surface area contributed by atoms with Crippen LogP contribution in [-0.4, -0.2) is 36.4 Å². The summed E-state index contributed by atoms with van der Waals surface area (Å²) in [6, 6.07) is 3.68. The van der Waals surface area contributed by atoms with E-state index in [0.29, 0.717) is 6.07 Å². The summed E-state index contributed by atoms with van der Waals surface area (Å²) < 4.78 is 13.5. The van der Waals surface area contributed by atoms with Gasteiger partial charge in [-0.25, -0.2) is 4.39 Å². The Balaban J connectivity index is 3.24. The number of amides is 1. The summed E-state index contributed by atoms with van der Waals surface area (Å²) in [5.41, 5.74) is -0.830. The summed E-state index contributed by atoms with van der Waals surface area (Å²) in [6.07, 6.45) is 0.107. The van der Waals surface area contributed by atoms with Crippen LogP contribution in [-0.2, 0) is 0 Å². The molecule has 0 aliphatic rings. The Morgan fingerprint density at radius 3 is 2.75 bits per heavy atom. The molecule has 7 nitrogen and oxygen atoms in total. The molecule has 0 spiro atoms. The van der Waals surface area contributed by atoms with E-state index in [0.717, 1.165) is 6.07 Å². The zero-order valence-corrected chi connectivity index (χ0v) is 11.0. The highest BCUT2D eigenvalue weighted by Crippen LogP contribution is 2.26. The fourth-order valence-corrected chi connectivity index (χ4v) is 1.60. The summed E-state index contributed by atoms with van der Waals surface area (Å²) in [6.45, 7) is 0.138. The molecule has 0 aliphatic carbocycles. The second kappa shape index (κ2) is 6.47. The summed E-state index contributed by atoms with van der Waals surface area (Å²) >= 11 is 0. The Labute approximate surface area is 114 Å². The summed E-state index contributed by atoms with van der Waals surface area (Å²) in [5.74, 6) is -1.45. The minimum Gasteiger partial charge on any atom is -0.386 e. The first-order valence-corrected chi connectivity index (χ1v) is 5.70. The van der Waals surface area contributed by atoms with Crippen molar-refractivity contribution in [1.82, 2.24) is 4.90 Å². The van der Waals surface area contributed by atoms with Crippen molar-refractivity contribution in [2.75, 3.05) is 26.0 Å². The number of nitro benzene ring substituents is 1. The van der Waals surface area contributed by atoms with Crippen LogP contribution in [0.5, 0.6) is 0 Å². The van der Waals surface area contributed by atoms with Gasteiger partial charge in [0, 0.05) is 20.6 Å². The van der Waals surface area contributed by atoms with Crippen molar-refractivity contribution in [2.24, 2.45) is 0 Å². The van der Waals surface area contributed by atoms with Crippen LogP contribution in [0.15, 0.2) is 12.1 Å². The minimum atomic E-state index is -0.812. The maximum atomic E-state index is 13.5. The van der Waals surface area contributed by atoms with Crippen LogP contribution in [0.1, 0.15) is 16.8 Å². The number of hydrogen-bond donors (Lipinski definition) is 1. The lowest BCUT2D eigenvalue weighted by molar-refractivity contribution is -0.385. The van der Waals surface area contributed by atoms with E-state index in [1.807, 2.05) is 6.07 Å². The molecular weight excluding hydrogens is 267 g/mol. The molecular formula is C12H13FN4O3. The summed E-state index contributed by atoms with van der Waals surface area (Å²) in [5, 5.41) is 21.9. The highest BCUT2D eigenvalue weighted by Gasteiger charge is 2.25. The lowest BCUT2D eigenvalue weighted by atomic mass is 10.1. The second-order valence-electron chi connectivity index (χ2n) is 3.99. The standard InChI is InChI=1S/C12H13FN4O3/c1-15-10-6-8(11(17(19)20)7-9(10)13)12(18)16(2)5-3-4-14/h6-7,15H,3,5H2,1-2H3. The van der Waals surface area contributed by atoms with Gasteiger partial charge in [-0.3, -0.25) is 14.9 Å². The van der Waals surface area contributed by atoms with Crippen molar-refractivity contribution in [3.05, 3.63) is 33.6 Å². The fraction of sp³-hybridized carbons (Fsp3) is 0.333. The Morgan fingerprint density at radius 2 is 2.25 bits per heavy atom. The van der Waals surface area contributed by atoms with Gasteiger partial charge in [0.2, 0.25) is 0 Å². The molecule has 0 atom stereocenters. The van der Waals surface area contributed by atoms with Crippen LogP contribution in [0.3, 0.4) is 0 Å². The van der Waals surface area contributed by atoms with E-state index in [1.165, 1.54) is 19.0 Å². The van der Waals surface area contributed by atoms with Crippen LogP contribution >= 0.6 is 0 Å². The SMILES string of the molecule is CNc1cc(C(=O)N(C)CCC#N)c([N+](=O)[O-])cc1F. The molecule has 1 aromatic carbocycles. The van der Waals surface area contributed by atoms with Crippen molar-refractivity contribution in [1.29, 1.82) is 5.26 Å². The number of rotatable bonds is 5. The van der Waals surface area contributed by atoms with Gasteiger partial charge in [-0.05, 0) is 6.07 Å². The van der Waals surface area contributed by atoms with E-state index in [2.05, 4.69) is 5.32 Å². The monoisotopic (exact) mass is 280 g/mol. The van der Waals surface area contributed by atoms with Crippen molar-refractivity contribution >= 4 is 17.3 Å². The minimum absolute atomic E-state index is 0.00682. The number of nitrogens with one attached hydrogen (secondary N) is 1. The molecule has 0 fully saturated rings. The van der Waals surface area contributed by atoms with E-state index in [9.17, 15) is 19.3 Å². The number of carbonyl (C=O) groups excluding carboxylic acids is 1. The fourth-order valence-electron chi connectivity index (χ4n) is 1.60. The van der Waals surface area contributed by atoms with Gasteiger partial charge >= 0.3 is 0 Å².